The maximum atomic E-state index is 5.62. The Morgan fingerprint density at radius 1 is 1.33 bits per heavy atom. The van der Waals surface area contributed by atoms with Crippen molar-refractivity contribution >= 4 is 5.69 Å². The topological polar surface area (TPSA) is 33.3 Å². The summed E-state index contributed by atoms with van der Waals surface area (Å²) < 4.78 is 5.62. The van der Waals surface area contributed by atoms with Crippen LogP contribution in [-0.2, 0) is 0 Å². The van der Waals surface area contributed by atoms with Crippen molar-refractivity contribution in [3.63, 3.8) is 0 Å². The predicted molar refractivity (Wildman–Crippen MR) is 76.3 cm³/mol. The Morgan fingerprint density at radius 2 is 2.11 bits per heavy atom. The Kier molecular flexibility index (Phi) is 4.88. The van der Waals surface area contributed by atoms with Gasteiger partial charge in [0.05, 0.1) is 6.10 Å². The van der Waals surface area contributed by atoms with E-state index in [4.69, 9.17) is 4.74 Å². The van der Waals surface area contributed by atoms with Crippen LogP contribution < -0.4 is 15.4 Å². The zero-order valence-electron chi connectivity index (χ0n) is 11.4. The Labute approximate surface area is 110 Å². The summed E-state index contributed by atoms with van der Waals surface area (Å²) in [4.78, 5) is 0. The van der Waals surface area contributed by atoms with Crippen molar-refractivity contribution in [3.8, 4) is 5.75 Å². The fourth-order valence-corrected chi connectivity index (χ4v) is 2.32. The molecule has 1 aliphatic rings. The van der Waals surface area contributed by atoms with Gasteiger partial charge in [0.2, 0.25) is 0 Å². The summed E-state index contributed by atoms with van der Waals surface area (Å²) in [6.45, 7) is 6.30. The zero-order valence-corrected chi connectivity index (χ0v) is 11.4. The smallest absolute Gasteiger partial charge is 0.119 e. The lowest BCUT2D eigenvalue weighted by atomic mass is 10.1. The molecule has 3 heteroatoms. The summed E-state index contributed by atoms with van der Waals surface area (Å²) >= 11 is 0. The van der Waals surface area contributed by atoms with Gasteiger partial charge >= 0.3 is 0 Å². The van der Waals surface area contributed by atoms with E-state index in [0.29, 0.717) is 6.04 Å². The maximum absolute atomic E-state index is 5.62. The molecule has 1 saturated heterocycles. The van der Waals surface area contributed by atoms with Gasteiger partial charge in [0.1, 0.15) is 5.75 Å². The molecule has 1 fully saturated rings. The average Bonchev–Trinajstić information content (AvgIpc) is 2.84. The van der Waals surface area contributed by atoms with Crippen molar-refractivity contribution in [1.82, 2.24) is 5.32 Å². The van der Waals surface area contributed by atoms with Gasteiger partial charge in [-0.3, -0.25) is 0 Å². The van der Waals surface area contributed by atoms with E-state index in [1.807, 2.05) is 26.0 Å². The molecule has 0 aromatic heterocycles. The van der Waals surface area contributed by atoms with E-state index in [2.05, 4.69) is 22.8 Å². The molecule has 1 aromatic rings. The average molecular weight is 248 g/mol. The van der Waals surface area contributed by atoms with Crippen LogP contribution in [0.5, 0.6) is 5.75 Å². The van der Waals surface area contributed by atoms with E-state index in [0.717, 1.165) is 12.3 Å². The first-order valence-electron chi connectivity index (χ1n) is 6.98. The third-order valence-corrected chi connectivity index (χ3v) is 3.21. The summed E-state index contributed by atoms with van der Waals surface area (Å²) in [5.74, 6) is 0.938. The number of rotatable bonds is 6. The van der Waals surface area contributed by atoms with Gasteiger partial charge in [-0.05, 0) is 63.9 Å². The molecule has 2 rings (SSSR count). The highest BCUT2D eigenvalue weighted by atomic mass is 16.5. The lowest BCUT2D eigenvalue weighted by molar-refractivity contribution is 0.242. The number of nitrogens with one attached hydrogen (secondary N) is 2. The first-order valence-corrected chi connectivity index (χ1v) is 6.98. The van der Waals surface area contributed by atoms with Gasteiger partial charge in [-0.1, -0.05) is 0 Å². The van der Waals surface area contributed by atoms with Gasteiger partial charge in [-0.15, -0.1) is 0 Å². The third-order valence-electron chi connectivity index (χ3n) is 3.21. The first kappa shape index (κ1) is 13.2. The number of ether oxygens (including phenoxy) is 1. The van der Waals surface area contributed by atoms with E-state index >= 15 is 0 Å². The van der Waals surface area contributed by atoms with Crippen LogP contribution in [0.2, 0.25) is 0 Å². The van der Waals surface area contributed by atoms with Crippen LogP contribution in [0.25, 0.3) is 0 Å². The van der Waals surface area contributed by atoms with Gasteiger partial charge in [-0.2, -0.15) is 0 Å². The number of hydrogen-bond acceptors (Lipinski definition) is 3. The van der Waals surface area contributed by atoms with Crippen LogP contribution in [0.15, 0.2) is 24.3 Å². The lowest BCUT2D eigenvalue weighted by Crippen LogP contribution is -2.24. The molecule has 1 aliphatic heterocycles. The minimum atomic E-state index is 0.234. The number of benzene rings is 1. The van der Waals surface area contributed by atoms with Crippen molar-refractivity contribution in [3.05, 3.63) is 24.3 Å². The highest BCUT2D eigenvalue weighted by molar-refractivity contribution is 5.46. The van der Waals surface area contributed by atoms with Crippen LogP contribution in [-0.4, -0.2) is 25.2 Å². The first-order chi connectivity index (χ1) is 8.74. The SMILES string of the molecule is CC(C)Oc1ccc(NCCC2CCCN2)cc1. The van der Waals surface area contributed by atoms with Crippen molar-refractivity contribution in [2.75, 3.05) is 18.4 Å². The van der Waals surface area contributed by atoms with E-state index < -0.39 is 0 Å². The second-order valence-corrected chi connectivity index (χ2v) is 5.20. The molecule has 3 nitrogen and oxygen atoms in total. The summed E-state index contributed by atoms with van der Waals surface area (Å²) in [6.07, 6.45) is 4.08. The molecule has 2 N–H and O–H groups in total. The molecule has 1 heterocycles. The van der Waals surface area contributed by atoms with Crippen LogP contribution >= 0.6 is 0 Å². The normalized spacial score (nSPS) is 19.2. The largest absolute Gasteiger partial charge is 0.491 e. The fourth-order valence-electron chi connectivity index (χ4n) is 2.32. The Morgan fingerprint density at radius 3 is 2.72 bits per heavy atom. The van der Waals surface area contributed by atoms with Gasteiger partial charge < -0.3 is 15.4 Å². The molecule has 100 valence electrons. The monoisotopic (exact) mass is 248 g/mol. The molecule has 1 unspecified atom stereocenters. The highest BCUT2D eigenvalue weighted by Crippen LogP contribution is 2.17. The summed E-state index contributed by atoms with van der Waals surface area (Å²) in [5, 5.41) is 6.97. The van der Waals surface area contributed by atoms with E-state index in [1.165, 1.54) is 31.5 Å². The summed E-state index contributed by atoms with van der Waals surface area (Å²) in [5.41, 5.74) is 1.17. The standard InChI is InChI=1S/C15H24N2O/c1-12(2)18-15-7-5-14(6-8-15)17-11-9-13-4-3-10-16-13/h5-8,12-13,16-17H,3-4,9-11H2,1-2H3. The molecule has 1 aromatic carbocycles. The van der Waals surface area contributed by atoms with E-state index in [1.54, 1.807) is 0 Å². The van der Waals surface area contributed by atoms with Crippen LogP contribution in [0.3, 0.4) is 0 Å². The summed E-state index contributed by atoms with van der Waals surface area (Å²) in [7, 11) is 0. The second kappa shape index (κ2) is 6.64. The van der Waals surface area contributed by atoms with E-state index in [-0.39, 0.29) is 6.10 Å². The minimum Gasteiger partial charge on any atom is -0.491 e. The molecule has 0 aliphatic carbocycles. The molecule has 0 spiro atoms. The van der Waals surface area contributed by atoms with Crippen molar-refractivity contribution < 1.29 is 4.74 Å². The molecule has 0 amide bonds. The predicted octanol–water partition coefficient (Wildman–Crippen LogP) is 3.03. The second-order valence-electron chi connectivity index (χ2n) is 5.20. The lowest BCUT2D eigenvalue weighted by Gasteiger charge is -2.13. The highest BCUT2D eigenvalue weighted by Gasteiger charge is 2.12. The van der Waals surface area contributed by atoms with E-state index in [9.17, 15) is 0 Å². The van der Waals surface area contributed by atoms with Crippen LogP contribution in [0, 0.1) is 0 Å². The van der Waals surface area contributed by atoms with Crippen molar-refractivity contribution in [2.45, 2.75) is 45.3 Å². The Bertz CT molecular complexity index is 342. The molecule has 18 heavy (non-hydrogen) atoms. The van der Waals surface area contributed by atoms with Crippen molar-refractivity contribution in [1.29, 1.82) is 0 Å². The minimum absolute atomic E-state index is 0.234. The van der Waals surface area contributed by atoms with Crippen LogP contribution in [0.1, 0.15) is 33.1 Å². The Hall–Kier alpha value is -1.22. The Balaban J connectivity index is 1.72. The summed E-state index contributed by atoms with van der Waals surface area (Å²) in [6, 6.07) is 8.92. The molecule has 0 bridgehead atoms. The molecular formula is C15H24N2O. The maximum Gasteiger partial charge on any atom is 0.119 e. The fraction of sp³-hybridized carbons (Fsp3) is 0.600. The molecule has 0 saturated carbocycles. The number of anilines is 1. The molecular weight excluding hydrogens is 224 g/mol. The molecule has 1 atom stereocenters. The van der Waals surface area contributed by atoms with Gasteiger partial charge in [0.25, 0.3) is 0 Å². The third kappa shape index (κ3) is 4.22. The van der Waals surface area contributed by atoms with Crippen molar-refractivity contribution in [2.24, 2.45) is 0 Å². The zero-order chi connectivity index (χ0) is 12.8. The van der Waals surface area contributed by atoms with Gasteiger partial charge in [0, 0.05) is 18.3 Å². The quantitative estimate of drug-likeness (QED) is 0.812. The van der Waals surface area contributed by atoms with Gasteiger partial charge in [0.15, 0.2) is 0 Å². The van der Waals surface area contributed by atoms with Gasteiger partial charge in [-0.25, -0.2) is 0 Å². The van der Waals surface area contributed by atoms with Crippen LogP contribution in [0.4, 0.5) is 5.69 Å². The number of hydrogen-bond donors (Lipinski definition) is 2. The molecule has 0 radical (unpaired) electrons.